The van der Waals surface area contributed by atoms with Crippen molar-refractivity contribution in [2.45, 2.75) is 27.7 Å². The Bertz CT molecular complexity index is 1260. The Morgan fingerprint density at radius 3 is 2.47 bits per heavy atom. The lowest BCUT2D eigenvalue weighted by atomic mass is 10.1. The zero-order valence-electron chi connectivity index (χ0n) is 18.7. The number of carbonyl (C=O) groups excluding carboxylic acids is 1. The van der Waals surface area contributed by atoms with Crippen LogP contribution in [0.2, 0.25) is 0 Å². The summed E-state index contributed by atoms with van der Waals surface area (Å²) in [5.74, 6) is 1.14. The van der Waals surface area contributed by atoms with Crippen LogP contribution in [-0.4, -0.2) is 27.3 Å². The molecule has 1 N–H and O–H groups in total. The predicted octanol–water partition coefficient (Wildman–Crippen LogP) is 5.51. The Labute approximate surface area is 187 Å². The Kier molecular flexibility index (Phi) is 6.03. The summed E-state index contributed by atoms with van der Waals surface area (Å²) in [6.07, 6.45) is 0. The highest BCUT2D eigenvalue weighted by Crippen LogP contribution is 2.25. The van der Waals surface area contributed by atoms with Crippen molar-refractivity contribution < 1.29 is 9.53 Å². The molecule has 0 radical (unpaired) electrons. The number of aryl methyl sites for hydroxylation is 2. The van der Waals surface area contributed by atoms with Crippen molar-refractivity contribution in [1.29, 1.82) is 0 Å². The molecule has 6 nitrogen and oxygen atoms in total. The van der Waals surface area contributed by atoms with Crippen molar-refractivity contribution >= 4 is 11.6 Å². The lowest BCUT2D eigenvalue weighted by Crippen LogP contribution is -2.15. The first kappa shape index (κ1) is 21.3. The monoisotopic (exact) mass is 426 g/mol. The summed E-state index contributed by atoms with van der Waals surface area (Å²) >= 11 is 0. The number of nitrogens with zero attached hydrogens (tertiary/aromatic N) is 3. The number of anilines is 1. The minimum Gasteiger partial charge on any atom is -0.494 e. The van der Waals surface area contributed by atoms with Crippen molar-refractivity contribution in [2.75, 3.05) is 11.9 Å². The van der Waals surface area contributed by atoms with Crippen LogP contribution in [0.1, 0.15) is 34.2 Å². The minimum absolute atomic E-state index is 0.108. The summed E-state index contributed by atoms with van der Waals surface area (Å²) in [4.78, 5) is 17.7. The van der Waals surface area contributed by atoms with E-state index < -0.39 is 0 Å². The third kappa shape index (κ3) is 4.39. The Balaban J connectivity index is 1.75. The highest BCUT2D eigenvalue weighted by atomic mass is 16.5. The molecular formula is C26H26N4O2. The highest BCUT2D eigenvalue weighted by Gasteiger charge is 2.20. The van der Waals surface area contributed by atoms with Crippen molar-refractivity contribution in [1.82, 2.24) is 14.8 Å². The van der Waals surface area contributed by atoms with Crippen LogP contribution in [0.3, 0.4) is 0 Å². The van der Waals surface area contributed by atoms with Gasteiger partial charge >= 0.3 is 0 Å². The van der Waals surface area contributed by atoms with E-state index in [-0.39, 0.29) is 11.7 Å². The van der Waals surface area contributed by atoms with Crippen molar-refractivity contribution in [3.05, 3.63) is 89.2 Å². The van der Waals surface area contributed by atoms with Gasteiger partial charge in [0.05, 0.1) is 12.3 Å². The second kappa shape index (κ2) is 9.06. The molecule has 0 saturated carbocycles. The van der Waals surface area contributed by atoms with Crippen molar-refractivity contribution in [3.8, 4) is 22.8 Å². The summed E-state index contributed by atoms with van der Waals surface area (Å²) < 4.78 is 7.25. The van der Waals surface area contributed by atoms with Crippen LogP contribution in [0.15, 0.2) is 66.7 Å². The molecule has 162 valence electrons. The summed E-state index contributed by atoms with van der Waals surface area (Å²) in [5, 5.41) is 7.51. The number of hydrogen-bond donors (Lipinski definition) is 1. The average Bonchev–Trinajstić information content (AvgIpc) is 3.23. The number of aromatic nitrogens is 3. The number of amides is 1. The van der Waals surface area contributed by atoms with Gasteiger partial charge in [-0.15, -0.1) is 5.10 Å². The molecule has 1 heterocycles. The molecule has 0 atom stereocenters. The van der Waals surface area contributed by atoms with Gasteiger partial charge in [0, 0.05) is 11.3 Å². The summed E-state index contributed by atoms with van der Waals surface area (Å²) in [6.45, 7) is 8.56. The molecule has 6 heteroatoms. The Morgan fingerprint density at radius 1 is 1.00 bits per heavy atom. The molecule has 0 aliphatic heterocycles. The number of carbonyl (C=O) groups is 1. The van der Waals surface area contributed by atoms with E-state index in [2.05, 4.69) is 15.4 Å². The molecule has 0 bridgehead atoms. The zero-order valence-corrected chi connectivity index (χ0v) is 18.7. The van der Waals surface area contributed by atoms with Gasteiger partial charge < -0.3 is 10.1 Å². The Hall–Kier alpha value is -3.93. The van der Waals surface area contributed by atoms with Crippen LogP contribution >= 0.6 is 0 Å². The number of rotatable bonds is 6. The first-order chi connectivity index (χ1) is 15.5. The van der Waals surface area contributed by atoms with Crippen molar-refractivity contribution in [3.63, 3.8) is 0 Å². The summed E-state index contributed by atoms with van der Waals surface area (Å²) in [6, 6.07) is 21.4. The van der Waals surface area contributed by atoms with E-state index >= 15 is 0 Å². The maximum absolute atomic E-state index is 13.0. The van der Waals surface area contributed by atoms with E-state index in [1.807, 2.05) is 94.4 Å². The van der Waals surface area contributed by atoms with Gasteiger partial charge in [-0.3, -0.25) is 4.79 Å². The van der Waals surface area contributed by atoms with E-state index in [4.69, 9.17) is 4.74 Å². The Morgan fingerprint density at radius 2 is 1.75 bits per heavy atom. The molecule has 0 aliphatic carbocycles. The summed E-state index contributed by atoms with van der Waals surface area (Å²) in [7, 11) is 0. The predicted molar refractivity (Wildman–Crippen MR) is 127 cm³/mol. The fourth-order valence-corrected chi connectivity index (χ4v) is 3.47. The van der Waals surface area contributed by atoms with Crippen molar-refractivity contribution in [2.24, 2.45) is 0 Å². The lowest BCUT2D eigenvalue weighted by molar-refractivity contribution is 0.101. The second-order valence-corrected chi connectivity index (χ2v) is 7.67. The van der Waals surface area contributed by atoms with Gasteiger partial charge in [-0.2, -0.15) is 0 Å². The molecule has 32 heavy (non-hydrogen) atoms. The molecule has 4 aromatic rings. The highest BCUT2D eigenvalue weighted by molar-refractivity contribution is 6.02. The fraction of sp³-hybridized carbons (Fsp3) is 0.192. The molecule has 0 aliphatic rings. The second-order valence-electron chi connectivity index (χ2n) is 7.67. The first-order valence-corrected chi connectivity index (χ1v) is 10.6. The molecule has 1 aromatic heterocycles. The maximum atomic E-state index is 13.0. The van der Waals surface area contributed by atoms with Crippen LogP contribution in [-0.2, 0) is 0 Å². The zero-order chi connectivity index (χ0) is 22.7. The van der Waals surface area contributed by atoms with Gasteiger partial charge in [0.25, 0.3) is 5.91 Å². The van der Waals surface area contributed by atoms with Crippen LogP contribution < -0.4 is 10.1 Å². The average molecular weight is 427 g/mol. The molecular weight excluding hydrogens is 400 g/mol. The molecule has 0 saturated heterocycles. The van der Waals surface area contributed by atoms with Gasteiger partial charge in [-0.25, -0.2) is 9.67 Å². The molecule has 0 spiro atoms. The van der Waals surface area contributed by atoms with Crippen LogP contribution in [0.25, 0.3) is 17.1 Å². The van der Waals surface area contributed by atoms with E-state index in [1.165, 1.54) is 0 Å². The SMILES string of the molecule is CCOc1ccc(-n2nc(C(=O)Nc3cccc(C)c3C)nc2-c2cccc(C)c2)cc1. The third-order valence-electron chi connectivity index (χ3n) is 5.33. The van der Waals surface area contributed by atoms with Gasteiger partial charge in [0.1, 0.15) is 5.75 Å². The van der Waals surface area contributed by atoms with E-state index in [1.54, 1.807) is 4.68 Å². The number of benzene rings is 3. The molecule has 1 amide bonds. The molecule has 3 aromatic carbocycles. The third-order valence-corrected chi connectivity index (χ3v) is 5.33. The number of hydrogen-bond acceptors (Lipinski definition) is 4. The fourth-order valence-electron chi connectivity index (χ4n) is 3.47. The minimum atomic E-state index is -0.350. The van der Waals surface area contributed by atoms with Gasteiger partial charge in [-0.05, 0) is 75.2 Å². The molecule has 0 unspecified atom stereocenters. The van der Waals surface area contributed by atoms with E-state index in [0.29, 0.717) is 12.4 Å². The standard InChI is InChI=1S/C26H26N4O2/c1-5-32-22-14-12-21(13-15-22)30-25(20-10-6-8-17(2)16-20)28-24(29-30)26(31)27-23-11-7-9-18(3)19(23)4/h6-16H,5H2,1-4H3,(H,27,31). The lowest BCUT2D eigenvalue weighted by Gasteiger charge is -2.08. The first-order valence-electron chi connectivity index (χ1n) is 10.6. The van der Waals surface area contributed by atoms with Gasteiger partial charge in [-0.1, -0.05) is 35.9 Å². The largest absolute Gasteiger partial charge is 0.494 e. The maximum Gasteiger partial charge on any atom is 0.295 e. The van der Waals surface area contributed by atoms with Crippen LogP contribution in [0.4, 0.5) is 5.69 Å². The quantitative estimate of drug-likeness (QED) is 0.441. The van der Waals surface area contributed by atoms with Gasteiger partial charge in [0.15, 0.2) is 5.82 Å². The van der Waals surface area contributed by atoms with Gasteiger partial charge in [0.2, 0.25) is 5.82 Å². The smallest absolute Gasteiger partial charge is 0.295 e. The van der Waals surface area contributed by atoms with E-state index in [0.717, 1.165) is 39.4 Å². The van der Waals surface area contributed by atoms with E-state index in [9.17, 15) is 4.79 Å². The number of ether oxygens (including phenoxy) is 1. The normalized spacial score (nSPS) is 10.8. The molecule has 4 rings (SSSR count). The van der Waals surface area contributed by atoms with Crippen LogP contribution in [0.5, 0.6) is 5.75 Å². The molecule has 0 fully saturated rings. The topological polar surface area (TPSA) is 69.0 Å². The van der Waals surface area contributed by atoms with Crippen LogP contribution in [0, 0.1) is 20.8 Å². The summed E-state index contributed by atoms with van der Waals surface area (Å²) in [5.41, 5.74) is 5.66. The number of nitrogens with one attached hydrogen (secondary N) is 1.